The summed E-state index contributed by atoms with van der Waals surface area (Å²) in [7, 11) is 0. The standard InChI is InChI=1S/C19H29NO/c1-15-8-6-9-16-17(10-7-13-21-18(15)16)20-14-19(2)11-4-3-5-12-19/h6,8-9,17,20H,3-5,7,10-14H2,1-2H3. The van der Waals surface area contributed by atoms with Gasteiger partial charge in [0, 0.05) is 18.2 Å². The quantitative estimate of drug-likeness (QED) is 0.864. The van der Waals surface area contributed by atoms with Gasteiger partial charge in [-0.05, 0) is 43.6 Å². The predicted octanol–water partition coefficient (Wildman–Crippen LogP) is 4.77. The number of ether oxygens (including phenoxy) is 1. The normalized spacial score (nSPS) is 24.8. The van der Waals surface area contributed by atoms with Crippen molar-refractivity contribution in [1.29, 1.82) is 0 Å². The molecular weight excluding hydrogens is 258 g/mol. The number of fused-ring (bicyclic) bond motifs is 1. The summed E-state index contributed by atoms with van der Waals surface area (Å²) >= 11 is 0. The van der Waals surface area contributed by atoms with E-state index in [1.807, 2.05) is 0 Å². The number of benzene rings is 1. The van der Waals surface area contributed by atoms with Gasteiger partial charge in [-0.3, -0.25) is 0 Å². The van der Waals surface area contributed by atoms with Crippen LogP contribution in [-0.2, 0) is 0 Å². The van der Waals surface area contributed by atoms with Gasteiger partial charge in [-0.15, -0.1) is 0 Å². The van der Waals surface area contributed by atoms with E-state index in [9.17, 15) is 0 Å². The SMILES string of the molecule is Cc1cccc2c1OCCCC2NCC1(C)CCCCC1. The van der Waals surface area contributed by atoms with E-state index < -0.39 is 0 Å². The summed E-state index contributed by atoms with van der Waals surface area (Å²) in [6.07, 6.45) is 9.32. The van der Waals surface area contributed by atoms with Crippen LogP contribution < -0.4 is 10.1 Å². The van der Waals surface area contributed by atoms with Crippen molar-refractivity contribution >= 4 is 0 Å². The molecular formula is C19H29NO. The Bertz CT molecular complexity index is 476. The van der Waals surface area contributed by atoms with E-state index in [0.717, 1.165) is 25.3 Å². The summed E-state index contributed by atoms with van der Waals surface area (Å²) in [5.74, 6) is 1.13. The first-order valence-corrected chi connectivity index (χ1v) is 8.64. The van der Waals surface area contributed by atoms with Crippen LogP contribution in [0.15, 0.2) is 18.2 Å². The number of nitrogens with one attached hydrogen (secondary N) is 1. The maximum absolute atomic E-state index is 5.99. The number of hydrogen-bond acceptors (Lipinski definition) is 2. The van der Waals surface area contributed by atoms with Crippen molar-refractivity contribution < 1.29 is 4.74 Å². The number of rotatable bonds is 3. The molecule has 0 saturated heterocycles. The molecule has 1 aromatic rings. The average molecular weight is 287 g/mol. The Morgan fingerprint density at radius 2 is 2.00 bits per heavy atom. The van der Waals surface area contributed by atoms with E-state index in [0.29, 0.717) is 11.5 Å². The second-order valence-corrected chi connectivity index (χ2v) is 7.29. The number of hydrogen-bond donors (Lipinski definition) is 1. The molecule has 116 valence electrons. The van der Waals surface area contributed by atoms with Gasteiger partial charge in [0.15, 0.2) is 0 Å². The zero-order chi connectivity index (χ0) is 14.7. The molecule has 1 fully saturated rings. The van der Waals surface area contributed by atoms with Gasteiger partial charge in [0.1, 0.15) is 5.75 Å². The molecule has 0 amide bonds. The molecule has 1 unspecified atom stereocenters. The van der Waals surface area contributed by atoms with Crippen molar-refractivity contribution in [3.05, 3.63) is 29.3 Å². The topological polar surface area (TPSA) is 21.3 Å². The molecule has 1 aliphatic heterocycles. The van der Waals surface area contributed by atoms with E-state index in [4.69, 9.17) is 4.74 Å². The number of aryl methyl sites for hydroxylation is 1. The van der Waals surface area contributed by atoms with Crippen LogP contribution in [0.2, 0.25) is 0 Å². The average Bonchev–Trinajstić information content (AvgIpc) is 2.69. The maximum Gasteiger partial charge on any atom is 0.126 e. The van der Waals surface area contributed by atoms with Gasteiger partial charge in [0.2, 0.25) is 0 Å². The van der Waals surface area contributed by atoms with Crippen LogP contribution in [0, 0.1) is 12.3 Å². The predicted molar refractivity (Wildman–Crippen MR) is 87.8 cm³/mol. The van der Waals surface area contributed by atoms with Crippen LogP contribution in [0.4, 0.5) is 0 Å². The van der Waals surface area contributed by atoms with Crippen molar-refractivity contribution in [2.75, 3.05) is 13.2 Å². The van der Waals surface area contributed by atoms with Crippen LogP contribution in [0.5, 0.6) is 5.75 Å². The first kappa shape index (κ1) is 14.9. The third kappa shape index (κ3) is 3.42. The Labute approximate surface area is 129 Å². The van der Waals surface area contributed by atoms with E-state index in [1.54, 1.807) is 0 Å². The Hall–Kier alpha value is -1.02. The molecule has 0 bridgehead atoms. The fraction of sp³-hybridized carbons (Fsp3) is 0.684. The number of para-hydroxylation sites is 1. The lowest BCUT2D eigenvalue weighted by Crippen LogP contribution is -2.35. The monoisotopic (exact) mass is 287 g/mol. The maximum atomic E-state index is 5.99. The van der Waals surface area contributed by atoms with Crippen molar-refractivity contribution in [3.63, 3.8) is 0 Å². The minimum absolute atomic E-state index is 0.459. The fourth-order valence-corrected chi connectivity index (χ4v) is 3.93. The van der Waals surface area contributed by atoms with Gasteiger partial charge in [0.25, 0.3) is 0 Å². The molecule has 2 heteroatoms. The lowest BCUT2D eigenvalue weighted by atomic mass is 9.75. The van der Waals surface area contributed by atoms with Crippen LogP contribution in [0.25, 0.3) is 0 Å². The van der Waals surface area contributed by atoms with Crippen molar-refractivity contribution in [3.8, 4) is 5.75 Å². The minimum atomic E-state index is 0.459. The summed E-state index contributed by atoms with van der Waals surface area (Å²) in [6, 6.07) is 7.03. The van der Waals surface area contributed by atoms with Crippen LogP contribution >= 0.6 is 0 Å². The Kier molecular flexibility index (Phi) is 4.54. The summed E-state index contributed by atoms with van der Waals surface area (Å²) in [4.78, 5) is 0. The summed E-state index contributed by atoms with van der Waals surface area (Å²) in [5, 5.41) is 3.88. The van der Waals surface area contributed by atoms with Gasteiger partial charge in [0.05, 0.1) is 6.61 Å². The van der Waals surface area contributed by atoms with Gasteiger partial charge in [-0.1, -0.05) is 44.4 Å². The molecule has 1 aliphatic carbocycles. The van der Waals surface area contributed by atoms with Gasteiger partial charge < -0.3 is 10.1 Å². The molecule has 1 aromatic carbocycles. The zero-order valence-electron chi connectivity index (χ0n) is 13.6. The molecule has 1 N–H and O–H groups in total. The lowest BCUT2D eigenvalue weighted by molar-refractivity contribution is 0.199. The molecule has 3 rings (SSSR count). The highest BCUT2D eigenvalue weighted by molar-refractivity contribution is 5.43. The summed E-state index contributed by atoms with van der Waals surface area (Å²) in [5.41, 5.74) is 3.13. The van der Waals surface area contributed by atoms with Crippen LogP contribution in [0.3, 0.4) is 0 Å². The van der Waals surface area contributed by atoms with E-state index in [-0.39, 0.29) is 0 Å². The Morgan fingerprint density at radius 3 is 2.81 bits per heavy atom. The first-order chi connectivity index (χ1) is 10.2. The highest BCUT2D eigenvalue weighted by atomic mass is 16.5. The third-order valence-corrected chi connectivity index (χ3v) is 5.34. The van der Waals surface area contributed by atoms with Crippen molar-refractivity contribution in [2.45, 2.75) is 64.8 Å². The van der Waals surface area contributed by atoms with Crippen molar-refractivity contribution in [1.82, 2.24) is 5.32 Å². The molecule has 0 aromatic heterocycles. The molecule has 0 radical (unpaired) electrons. The third-order valence-electron chi connectivity index (χ3n) is 5.34. The molecule has 1 heterocycles. The Morgan fingerprint density at radius 1 is 1.19 bits per heavy atom. The molecule has 2 nitrogen and oxygen atoms in total. The minimum Gasteiger partial charge on any atom is -0.493 e. The van der Waals surface area contributed by atoms with Gasteiger partial charge in [-0.2, -0.15) is 0 Å². The van der Waals surface area contributed by atoms with Crippen molar-refractivity contribution in [2.24, 2.45) is 5.41 Å². The van der Waals surface area contributed by atoms with Gasteiger partial charge in [-0.25, -0.2) is 0 Å². The second kappa shape index (κ2) is 6.39. The summed E-state index contributed by atoms with van der Waals surface area (Å²) < 4.78 is 5.99. The Balaban J connectivity index is 1.72. The fourth-order valence-electron chi connectivity index (χ4n) is 3.93. The molecule has 21 heavy (non-hydrogen) atoms. The molecule has 1 saturated carbocycles. The molecule has 2 aliphatic rings. The van der Waals surface area contributed by atoms with E-state index in [2.05, 4.69) is 37.4 Å². The highest BCUT2D eigenvalue weighted by Crippen LogP contribution is 2.38. The van der Waals surface area contributed by atoms with E-state index in [1.165, 1.54) is 49.7 Å². The lowest BCUT2D eigenvalue weighted by Gasteiger charge is -2.35. The van der Waals surface area contributed by atoms with Gasteiger partial charge >= 0.3 is 0 Å². The largest absolute Gasteiger partial charge is 0.493 e. The summed E-state index contributed by atoms with van der Waals surface area (Å²) in [6.45, 7) is 6.62. The molecule has 1 atom stereocenters. The first-order valence-electron chi connectivity index (χ1n) is 8.64. The van der Waals surface area contributed by atoms with E-state index >= 15 is 0 Å². The zero-order valence-corrected chi connectivity index (χ0v) is 13.6. The molecule has 0 spiro atoms. The van der Waals surface area contributed by atoms with Crippen LogP contribution in [-0.4, -0.2) is 13.2 Å². The van der Waals surface area contributed by atoms with Crippen LogP contribution in [0.1, 0.15) is 69.0 Å². The highest BCUT2D eigenvalue weighted by Gasteiger charge is 2.28. The smallest absolute Gasteiger partial charge is 0.126 e. The second-order valence-electron chi connectivity index (χ2n) is 7.29.